The average molecular weight is 339 g/mol. The summed E-state index contributed by atoms with van der Waals surface area (Å²) in [4.78, 5) is 18.6. The Hall–Kier alpha value is -3.02. The van der Waals surface area contributed by atoms with Crippen LogP contribution in [0.25, 0.3) is 11.1 Å². The monoisotopic (exact) mass is 339 g/mol. The molecule has 128 valence electrons. The minimum atomic E-state index is -0.309. The van der Waals surface area contributed by atoms with Crippen LogP contribution in [0.2, 0.25) is 0 Å². The van der Waals surface area contributed by atoms with Crippen molar-refractivity contribution in [2.45, 2.75) is 20.4 Å². The lowest BCUT2D eigenvalue weighted by molar-refractivity contribution is 0.0734. The molecule has 0 bridgehead atoms. The fourth-order valence-electron chi connectivity index (χ4n) is 2.58. The fourth-order valence-corrected chi connectivity index (χ4v) is 2.58. The number of amides is 1. The van der Waals surface area contributed by atoms with Gasteiger partial charge in [-0.1, -0.05) is 29.4 Å². The van der Waals surface area contributed by atoms with Gasteiger partial charge in [0.15, 0.2) is 5.82 Å². The zero-order chi connectivity index (χ0) is 17.8. The standard InChI is InChI=1S/C19H18FN3O2/c1-3-23(12-18-21-13(2)22-25-18)19(24)16-8-4-6-14(10-16)15-7-5-9-17(20)11-15/h4-11H,3,12H2,1-2H3. The molecule has 0 aliphatic carbocycles. The van der Waals surface area contributed by atoms with Gasteiger partial charge in [-0.2, -0.15) is 4.98 Å². The van der Waals surface area contributed by atoms with E-state index < -0.39 is 0 Å². The number of benzene rings is 2. The van der Waals surface area contributed by atoms with Crippen molar-refractivity contribution >= 4 is 5.91 Å². The van der Waals surface area contributed by atoms with E-state index in [0.29, 0.717) is 23.8 Å². The molecule has 0 unspecified atom stereocenters. The van der Waals surface area contributed by atoms with E-state index in [1.807, 2.05) is 19.1 Å². The first-order valence-electron chi connectivity index (χ1n) is 8.01. The summed E-state index contributed by atoms with van der Waals surface area (Å²) in [6, 6.07) is 13.4. The van der Waals surface area contributed by atoms with Gasteiger partial charge in [-0.25, -0.2) is 4.39 Å². The molecule has 0 saturated heterocycles. The Labute approximate surface area is 145 Å². The Balaban J connectivity index is 1.84. The molecule has 1 aromatic heterocycles. The van der Waals surface area contributed by atoms with E-state index in [1.54, 1.807) is 36.1 Å². The van der Waals surface area contributed by atoms with Crippen LogP contribution in [-0.4, -0.2) is 27.5 Å². The Kier molecular flexibility index (Phi) is 4.88. The van der Waals surface area contributed by atoms with E-state index in [9.17, 15) is 9.18 Å². The zero-order valence-electron chi connectivity index (χ0n) is 14.1. The van der Waals surface area contributed by atoms with E-state index in [0.717, 1.165) is 11.1 Å². The van der Waals surface area contributed by atoms with Crippen LogP contribution >= 0.6 is 0 Å². The Morgan fingerprint density at radius 1 is 1.16 bits per heavy atom. The summed E-state index contributed by atoms with van der Waals surface area (Å²) in [5.74, 6) is 0.480. The van der Waals surface area contributed by atoms with Crippen molar-refractivity contribution in [3.05, 3.63) is 71.6 Å². The molecule has 0 spiro atoms. The fraction of sp³-hybridized carbons (Fsp3) is 0.211. The molecule has 0 N–H and O–H groups in total. The van der Waals surface area contributed by atoms with E-state index in [2.05, 4.69) is 10.1 Å². The Bertz CT molecular complexity index is 892. The highest BCUT2D eigenvalue weighted by Crippen LogP contribution is 2.22. The number of rotatable bonds is 5. The molecule has 25 heavy (non-hydrogen) atoms. The number of nitrogens with zero attached hydrogens (tertiary/aromatic N) is 3. The van der Waals surface area contributed by atoms with E-state index in [-0.39, 0.29) is 18.3 Å². The summed E-state index contributed by atoms with van der Waals surface area (Å²) < 4.78 is 18.5. The maximum Gasteiger partial charge on any atom is 0.254 e. The molecule has 5 nitrogen and oxygen atoms in total. The average Bonchev–Trinajstić information content (AvgIpc) is 3.04. The molecule has 0 saturated carbocycles. The van der Waals surface area contributed by atoms with Crippen molar-refractivity contribution in [3.8, 4) is 11.1 Å². The summed E-state index contributed by atoms with van der Waals surface area (Å²) in [5, 5.41) is 3.74. The normalized spacial score (nSPS) is 10.7. The number of hydrogen-bond acceptors (Lipinski definition) is 4. The van der Waals surface area contributed by atoms with Crippen molar-refractivity contribution in [1.29, 1.82) is 0 Å². The van der Waals surface area contributed by atoms with E-state index in [4.69, 9.17) is 4.52 Å². The largest absolute Gasteiger partial charge is 0.337 e. The van der Waals surface area contributed by atoms with Gasteiger partial charge in [-0.3, -0.25) is 4.79 Å². The highest BCUT2D eigenvalue weighted by Gasteiger charge is 2.18. The van der Waals surface area contributed by atoms with Gasteiger partial charge in [0.05, 0.1) is 0 Å². The van der Waals surface area contributed by atoms with Crippen molar-refractivity contribution < 1.29 is 13.7 Å². The minimum Gasteiger partial charge on any atom is -0.337 e. The van der Waals surface area contributed by atoms with Crippen molar-refractivity contribution in [3.63, 3.8) is 0 Å². The molecule has 3 aromatic rings. The van der Waals surface area contributed by atoms with Crippen LogP contribution in [0.3, 0.4) is 0 Å². The number of halogens is 1. The summed E-state index contributed by atoms with van der Waals surface area (Å²) in [6.07, 6.45) is 0. The molecule has 0 aliphatic heterocycles. The Morgan fingerprint density at radius 3 is 2.52 bits per heavy atom. The summed E-state index contributed by atoms with van der Waals surface area (Å²) >= 11 is 0. The zero-order valence-corrected chi connectivity index (χ0v) is 14.1. The maximum absolute atomic E-state index is 13.4. The van der Waals surface area contributed by atoms with Gasteiger partial charge in [-0.15, -0.1) is 0 Å². The maximum atomic E-state index is 13.4. The van der Waals surface area contributed by atoms with Gasteiger partial charge in [0.25, 0.3) is 5.91 Å². The molecule has 1 heterocycles. The Morgan fingerprint density at radius 2 is 1.88 bits per heavy atom. The number of carbonyl (C=O) groups is 1. The van der Waals surface area contributed by atoms with Gasteiger partial charge >= 0.3 is 0 Å². The molecule has 0 fully saturated rings. The highest BCUT2D eigenvalue weighted by molar-refractivity contribution is 5.95. The number of aromatic nitrogens is 2. The summed E-state index contributed by atoms with van der Waals surface area (Å²) in [7, 11) is 0. The molecule has 6 heteroatoms. The number of carbonyl (C=O) groups excluding carboxylic acids is 1. The highest BCUT2D eigenvalue weighted by atomic mass is 19.1. The topological polar surface area (TPSA) is 59.2 Å². The van der Waals surface area contributed by atoms with Crippen LogP contribution in [0.1, 0.15) is 29.0 Å². The van der Waals surface area contributed by atoms with Gasteiger partial charge in [0.1, 0.15) is 12.4 Å². The smallest absolute Gasteiger partial charge is 0.254 e. The number of hydrogen-bond donors (Lipinski definition) is 0. The third-order valence-electron chi connectivity index (χ3n) is 3.83. The lowest BCUT2D eigenvalue weighted by Crippen LogP contribution is -2.30. The molecule has 0 radical (unpaired) electrons. The third kappa shape index (κ3) is 3.91. The van der Waals surface area contributed by atoms with Gasteiger partial charge in [0.2, 0.25) is 5.89 Å². The molecule has 0 aliphatic rings. The molecule has 0 atom stereocenters. The van der Waals surface area contributed by atoms with Crippen LogP contribution < -0.4 is 0 Å². The quantitative estimate of drug-likeness (QED) is 0.708. The SMILES string of the molecule is CCN(Cc1nc(C)no1)C(=O)c1cccc(-c2cccc(F)c2)c1. The molecular formula is C19H18FN3O2. The van der Waals surface area contributed by atoms with Gasteiger partial charge in [-0.05, 0) is 49.2 Å². The minimum absolute atomic E-state index is 0.142. The summed E-state index contributed by atoms with van der Waals surface area (Å²) in [5.41, 5.74) is 2.04. The lowest BCUT2D eigenvalue weighted by Gasteiger charge is -2.19. The predicted octanol–water partition coefficient (Wildman–Crippen LogP) is 3.85. The van der Waals surface area contributed by atoms with Crippen molar-refractivity contribution in [2.75, 3.05) is 6.54 Å². The van der Waals surface area contributed by atoms with Crippen LogP contribution in [-0.2, 0) is 6.54 Å². The predicted molar refractivity (Wildman–Crippen MR) is 91.3 cm³/mol. The van der Waals surface area contributed by atoms with Crippen molar-refractivity contribution in [2.24, 2.45) is 0 Å². The third-order valence-corrected chi connectivity index (χ3v) is 3.83. The molecule has 2 aromatic carbocycles. The van der Waals surface area contributed by atoms with Crippen LogP contribution in [0.5, 0.6) is 0 Å². The first-order valence-corrected chi connectivity index (χ1v) is 8.01. The molecular weight excluding hydrogens is 321 g/mol. The summed E-state index contributed by atoms with van der Waals surface area (Å²) in [6.45, 7) is 4.37. The number of aryl methyl sites for hydroxylation is 1. The van der Waals surface area contributed by atoms with Gasteiger partial charge < -0.3 is 9.42 Å². The molecule has 3 rings (SSSR count). The molecule has 1 amide bonds. The second-order valence-corrected chi connectivity index (χ2v) is 5.65. The van der Waals surface area contributed by atoms with Gasteiger partial charge in [0, 0.05) is 12.1 Å². The van der Waals surface area contributed by atoms with Crippen LogP contribution in [0.15, 0.2) is 53.1 Å². The van der Waals surface area contributed by atoms with E-state index in [1.165, 1.54) is 12.1 Å². The van der Waals surface area contributed by atoms with E-state index >= 15 is 0 Å². The first-order chi connectivity index (χ1) is 12.1. The van der Waals surface area contributed by atoms with Crippen LogP contribution in [0.4, 0.5) is 4.39 Å². The lowest BCUT2D eigenvalue weighted by atomic mass is 10.0. The van der Waals surface area contributed by atoms with Crippen molar-refractivity contribution in [1.82, 2.24) is 15.0 Å². The van der Waals surface area contributed by atoms with Crippen LogP contribution in [0, 0.1) is 12.7 Å². The second-order valence-electron chi connectivity index (χ2n) is 5.65. The second kappa shape index (κ2) is 7.25. The first kappa shape index (κ1) is 16.8.